The molecule has 1 aliphatic rings. The fourth-order valence-corrected chi connectivity index (χ4v) is 4.63. The minimum Gasteiger partial charge on any atom is -0.356 e. The number of hydrogen-bond donors (Lipinski definition) is 2. The molecule has 11 heteroatoms. The van der Waals surface area contributed by atoms with Gasteiger partial charge >= 0.3 is 6.18 Å². The third-order valence-corrected chi connectivity index (χ3v) is 7.28. The third kappa shape index (κ3) is 6.33. The van der Waals surface area contributed by atoms with Crippen molar-refractivity contribution in [2.75, 3.05) is 23.3 Å². The van der Waals surface area contributed by atoms with Gasteiger partial charge in [-0.1, -0.05) is 50.6 Å². The van der Waals surface area contributed by atoms with Crippen LogP contribution >= 0.6 is 11.6 Å². The summed E-state index contributed by atoms with van der Waals surface area (Å²) in [7, 11) is 0. The van der Waals surface area contributed by atoms with Crippen LogP contribution < -0.4 is 15.5 Å². The number of rotatable bonds is 6. The Balaban J connectivity index is 1.45. The number of benzene rings is 3. The molecular formula is C31H29ClF3N5O2. The van der Waals surface area contributed by atoms with E-state index in [1.54, 1.807) is 42.5 Å². The number of halogens is 4. The molecular weight excluding hydrogens is 567 g/mol. The fraction of sp³-hybridized carbons (Fsp3) is 0.290. The van der Waals surface area contributed by atoms with E-state index in [-0.39, 0.29) is 34.4 Å². The van der Waals surface area contributed by atoms with Gasteiger partial charge in [-0.15, -0.1) is 0 Å². The molecule has 1 aromatic heterocycles. The van der Waals surface area contributed by atoms with Crippen LogP contribution in [0.4, 0.5) is 24.7 Å². The number of amides is 2. The summed E-state index contributed by atoms with van der Waals surface area (Å²) >= 11 is 6.34. The summed E-state index contributed by atoms with van der Waals surface area (Å²) in [6.07, 6.45) is -3.51. The minimum atomic E-state index is -4.50. The molecule has 3 aromatic carbocycles. The van der Waals surface area contributed by atoms with E-state index in [1.165, 1.54) is 6.07 Å². The first-order valence-corrected chi connectivity index (χ1v) is 13.8. The normalized spacial score (nSPS) is 13.5. The first kappa shape index (κ1) is 29.3. The van der Waals surface area contributed by atoms with Gasteiger partial charge in [0.15, 0.2) is 5.82 Å². The Labute approximate surface area is 246 Å². The highest BCUT2D eigenvalue weighted by atomic mass is 35.5. The number of hydrogen-bond acceptors (Lipinski definition) is 5. The molecule has 2 N–H and O–H groups in total. The van der Waals surface area contributed by atoms with Crippen molar-refractivity contribution >= 4 is 45.8 Å². The minimum absolute atomic E-state index is 0.122. The van der Waals surface area contributed by atoms with E-state index in [9.17, 15) is 22.8 Å². The molecule has 42 heavy (non-hydrogen) atoms. The Hall–Kier alpha value is -4.18. The average molecular weight is 596 g/mol. The Morgan fingerprint density at radius 1 is 0.976 bits per heavy atom. The highest BCUT2D eigenvalue weighted by molar-refractivity contribution is 6.34. The van der Waals surface area contributed by atoms with E-state index in [2.05, 4.69) is 20.6 Å². The van der Waals surface area contributed by atoms with Crippen molar-refractivity contribution in [3.05, 3.63) is 82.4 Å². The highest BCUT2D eigenvalue weighted by Gasteiger charge is 2.31. The van der Waals surface area contributed by atoms with Crippen molar-refractivity contribution in [2.24, 2.45) is 5.41 Å². The molecule has 0 atom stereocenters. The van der Waals surface area contributed by atoms with Crippen LogP contribution in [0.5, 0.6) is 0 Å². The van der Waals surface area contributed by atoms with Crippen LogP contribution in [0.2, 0.25) is 5.02 Å². The lowest BCUT2D eigenvalue weighted by Gasteiger charge is -2.33. The van der Waals surface area contributed by atoms with Crippen LogP contribution in [0.1, 0.15) is 48.7 Å². The zero-order valence-corrected chi connectivity index (χ0v) is 24.0. The number of alkyl halides is 3. The van der Waals surface area contributed by atoms with Gasteiger partial charge in [-0.2, -0.15) is 13.2 Å². The number of fused-ring (bicyclic) bond motifs is 1. The molecule has 0 saturated carbocycles. The Bertz CT molecular complexity index is 1680. The van der Waals surface area contributed by atoms with E-state index >= 15 is 0 Å². The summed E-state index contributed by atoms with van der Waals surface area (Å²) in [5.74, 6) is 0.207. The monoisotopic (exact) mass is 595 g/mol. The van der Waals surface area contributed by atoms with Crippen molar-refractivity contribution in [3.63, 3.8) is 0 Å². The summed E-state index contributed by atoms with van der Waals surface area (Å²) in [5, 5.41) is 6.66. The van der Waals surface area contributed by atoms with Crippen molar-refractivity contribution in [1.82, 2.24) is 15.3 Å². The van der Waals surface area contributed by atoms with Crippen molar-refractivity contribution < 1.29 is 22.8 Å². The van der Waals surface area contributed by atoms with Gasteiger partial charge in [0.05, 0.1) is 21.7 Å². The quantitative estimate of drug-likeness (QED) is 0.248. The van der Waals surface area contributed by atoms with Crippen molar-refractivity contribution in [3.8, 4) is 11.4 Å². The van der Waals surface area contributed by atoms with Gasteiger partial charge < -0.3 is 15.5 Å². The highest BCUT2D eigenvalue weighted by Crippen LogP contribution is 2.35. The number of aromatic nitrogens is 2. The molecule has 1 fully saturated rings. The van der Waals surface area contributed by atoms with Crippen LogP contribution in [-0.2, 0) is 17.5 Å². The molecule has 2 amide bonds. The number of carbonyl (C=O) groups is 2. The Morgan fingerprint density at radius 3 is 2.40 bits per heavy atom. The molecule has 218 valence electrons. The van der Waals surface area contributed by atoms with E-state index in [0.717, 1.165) is 37.0 Å². The lowest BCUT2D eigenvalue weighted by Crippen LogP contribution is -2.37. The van der Waals surface area contributed by atoms with E-state index in [4.69, 9.17) is 11.6 Å². The number of nitrogens with zero attached hydrogens (tertiary/aromatic N) is 3. The zero-order valence-electron chi connectivity index (χ0n) is 23.3. The average Bonchev–Trinajstić information content (AvgIpc) is 2.90. The van der Waals surface area contributed by atoms with E-state index < -0.39 is 23.1 Å². The fourth-order valence-electron chi connectivity index (χ4n) is 4.43. The van der Waals surface area contributed by atoms with Gasteiger partial charge in [0.2, 0.25) is 5.91 Å². The van der Waals surface area contributed by atoms with Gasteiger partial charge in [-0.05, 0) is 54.4 Å². The topological polar surface area (TPSA) is 87.2 Å². The molecule has 0 aliphatic carbocycles. The second kappa shape index (κ2) is 11.2. The zero-order chi connectivity index (χ0) is 30.2. The van der Waals surface area contributed by atoms with Crippen molar-refractivity contribution in [1.29, 1.82) is 0 Å². The first-order chi connectivity index (χ1) is 19.8. The van der Waals surface area contributed by atoms with Gasteiger partial charge in [-0.25, -0.2) is 9.97 Å². The first-order valence-electron chi connectivity index (χ1n) is 13.4. The van der Waals surface area contributed by atoms with Gasteiger partial charge in [0.25, 0.3) is 5.91 Å². The molecule has 1 aliphatic heterocycles. The second-order valence-electron chi connectivity index (χ2n) is 11.2. The number of anilines is 2. The van der Waals surface area contributed by atoms with Gasteiger partial charge in [-0.3, -0.25) is 9.59 Å². The smallest absolute Gasteiger partial charge is 0.356 e. The molecule has 0 radical (unpaired) electrons. The second-order valence-corrected chi connectivity index (χ2v) is 11.6. The van der Waals surface area contributed by atoms with E-state index in [0.29, 0.717) is 22.6 Å². The van der Waals surface area contributed by atoms with Crippen molar-refractivity contribution in [2.45, 2.75) is 39.9 Å². The van der Waals surface area contributed by atoms with Gasteiger partial charge in [0.1, 0.15) is 5.82 Å². The Kier molecular flexibility index (Phi) is 7.85. The molecule has 0 bridgehead atoms. The summed E-state index contributed by atoms with van der Waals surface area (Å²) in [6, 6.07) is 15.0. The molecule has 4 aromatic rings. The van der Waals surface area contributed by atoms with Crippen LogP contribution in [0.3, 0.4) is 0 Å². The largest absolute Gasteiger partial charge is 0.416 e. The molecule has 0 unspecified atom stereocenters. The number of nitrogens with one attached hydrogen (secondary N) is 2. The maximum Gasteiger partial charge on any atom is 0.416 e. The summed E-state index contributed by atoms with van der Waals surface area (Å²) in [6.45, 7) is 7.22. The van der Waals surface area contributed by atoms with Crippen LogP contribution in [-0.4, -0.2) is 34.9 Å². The van der Waals surface area contributed by atoms with Crippen LogP contribution in [0.25, 0.3) is 22.3 Å². The predicted molar refractivity (Wildman–Crippen MR) is 158 cm³/mol. The third-order valence-electron chi connectivity index (χ3n) is 6.95. The van der Waals surface area contributed by atoms with Crippen LogP contribution in [0, 0.1) is 5.41 Å². The van der Waals surface area contributed by atoms with Crippen LogP contribution in [0.15, 0.2) is 60.7 Å². The summed E-state index contributed by atoms with van der Waals surface area (Å²) < 4.78 is 40.2. The predicted octanol–water partition coefficient (Wildman–Crippen LogP) is 7.09. The Morgan fingerprint density at radius 2 is 1.74 bits per heavy atom. The van der Waals surface area contributed by atoms with E-state index in [1.807, 2.05) is 25.7 Å². The standard InChI is InChI=1S/C31H29ClF3N5O2/c1-30(2,3)29(42)36-17-18-8-11-24(32)23(14-18)28(41)37-21-9-10-22-25(16-21)38-26(39-27(22)40-12-5-13-40)19-6-4-7-20(15-19)31(33,34)35/h4,6-11,14-16H,5,12-13,17H2,1-3H3,(H,36,42)(H,37,41). The lowest BCUT2D eigenvalue weighted by molar-refractivity contribution is -0.137. The SMILES string of the molecule is CC(C)(C)C(=O)NCc1ccc(Cl)c(C(=O)Nc2ccc3c(N4CCC4)nc(-c4cccc(C(F)(F)F)c4)nc3c2)c1. The molecule has 1 saturated heterocycles. The maximum atomic E-state index is 13.4. The summed E-state index contributed by atoms with van der Waals surface area (Å²) in [5.41, 5.74) is 0.742. The van der Waals surface area contributed by atoms with Gasteiger partial charge in [0, 0.05) is 41.7 Å². The molecule has 7 nitrogen and oxygen atoms in total. The lowest BCUT2D eigenvalue weighted by atomic mass is 9.95. The maximum absolute atomic E-state index is 13.4. The number of carbonyl (C=O) groups excluding carboxylic acids is 2. The molecule has 2 heterocycles. The molecule has 5 rings (SSSR count). The summed E-state index contributed by atoms with van der Waals surface area (Å²) in [4.78, 5) is 36.8. The molecule has 0 spiro atoms.